The summed E-state index contributed by atoms with van der Waals surface area (Å²) >= 11 is 9.06. The normalized spacial score (nSPS) is 21.1. The summed E-state index contributed by atoms with van der Waals surface area (Å²) in [6.45, 7) is 0. The molecule has 0 amide bonds. The van der Waals surface area contributed by atoms with E-state index in [0.717, 1.165) is 15.2 Å². The Morgan fingerprint density at radius 3 is 2.54 bits per heavy atom. The molecule has 1 aromatic rings. The van der Waals surface area contributed by atoms with Gasteiger partial charge >= 0.3 is 0 Å². The van der Waals surface area contributed by atoms with Gasteiger partial charge in [-0.2, -0.15) is 0 Å². The SMILES string of the molecule is Clc1ccc(C2C=C(Br)NO2)cc1. The van der Waals surface area contributed by atoms with Crippen molar-refractivity contribution in [1.82, 2.24) is 5.48 Å². The molecule has 2 rings (SSSR count). The topological polar surface area (TPSA) is 21.3 Å². The highest BCUT2D eigenvalue weighted by Gasteiger charge is 2.16. The fourth-order valence-electron chi connectivity index (χ4n) is 1.14. The van der Waals surface area contributed by atoms with Gasteiger partial charge < -0.3 is 0 Å². The lowest BCUT2D eigenvalue weighted by Crippen LogP contribution is -2.04. The molecule has 13 heavy (non-hydrogen) atoms. The maximum Gasteiger partial charge on any atom is 0.131 e. The average Bonchev–Trinajstić information content (AvgIpc) is 2.53. The maximum absolute atomic E-state index is 5.77. The highest BCUT2D eigenvalue weighted by atomic mass is 79.9. The van der Waals surface area contributed by atoms with Crippen LogP contribution in [0.4, 0.5) is 0 Å². The third-order valence-electron chi connectivity index (χ3n) is 1.78. The summed E-state index contributed by atoms with van der Waals surface area (Å²) in [6.07, 6.45) is 1.91. The monoisotopic (exact) mass is 259 g/mol. The van der Waals surface area contributed by atoms with Crippen molar-refractivity contribution in [3.05, 3.63) is 45.5 Å². The second kappa shape index (κ2) is 3.70. The van der Waals surface area contributed by atoms with Crippen LogP contribution in [0.3, 0.4) is 0 Å². The number of hydrogen-bond acceptors (Lipinski definition) is 2. The fourth-order valence-corrected chi connectivity index (χ4v) is 1.60. The second-order valence-electron chi connectivity index (χ2n) is 2.71. The van der Waals surface area contributed by atoms with Crippen LogP contribution in [0.2, 0.25) is 5.02 Å². The molecule has 1 atom stereocenters. The first kappa shape index (κ1) is 9.06. The van der Waals surface area contributed by atoms with Gasteiger partial charge in [0.05, 0.1) is 0 Å². The zero-order valence-electron chi connectivity index (χ0n) is 6.63. The number of nitrogens with one attached hydrogen (secondary N) is 1. The smallest absolute Gasteiger partial charge is 0.131 e. The average molecular weight is 261 g/mol. The number of rotatable bonds is 1. The van der Waals surface area contributed by atoms with Crippen molar-refractivity contribution in [3.63, 3.8) is 0 Å². The number of halogens is 2. The Kier molecular flexibility index (Phi) is 2.58. The van der Waals surface area contributed by atoms with E-state index in [1.807, 2.05) is 30.3 Å². The highest BCUT2D eigenvalue weighted by Crippen LogP contribution is 2.26. The first-order valence-electron chi connectivity index (χ1n) is 3.80. The van der Waals surface area contributed by atoms with Gasteiger partial charge in [0, 0.05) is 5.02 Å². The summed E-state index contributed by atoms with van der Waals surface area (Å²) in [5, 5.41) is 0.734. The molecule has 0 saturated heterocycles. The molecular weight excluding hydrogens is 253 g/mol. The van der Waals surface area contributed by atoms with E-state index in [0.29, 0.717) is 0 Å². The molecule has 4 heteroatoms. The van der Waals surface area contributed by atoms with E-state index in [1.165, 1.54) is 0 Å². The summed E-state index contributed by atoms with van der Waals surface area (Å²) in [5.41, 5.74) is 3.80. The molecule has 0 bridgehead atoms. The molecule has 0 saturated carbocycles. The number of hydrogen-bond donors (Lipinski definition) is 1. The first-order valence-corrected chi connectivity index (χ1v) is 4.97. The largest absolute Gasteiger partial charge is 0.263 e. The Balaban J connectivity index is 2.22. The third kappa shape index (κ3) is 2.05. The van der Waals surface area contributed by atoms with Crippen LogP contribution in [0.1, 0.15) is 11.7 Å². The zero-order valence-corrected chi connectivity index (χ0v) is 8.97. The molecule has 0 spiro atoms. The van der Waals surface area contributed by atoms with Crippen molar-refractivity contribution in [1.29, 1.82) is 0 Å². The van der Waals surface area contributed by atoms with Gasteiger partial charge in [-0.1, -0.05) is 23.7 Å². The van der Waals surface area contributed by atoms with E-state index in [4.69, 9.17) is 16.4 Å². The van der Waals surface area contributed by atoms with Gasteiger partial charge in [0.2, 0.25) is 0 Å². The standard InChI is InChI=1S/C9H7BrClNO/c10-9-5-8(13-12-9)6-1-3-7(11)4-2-6/h1-5,8,12H. The minimum atomic E-state index is -0.0355. The van der Waals surface area contributed by atoms with Gasteiger partial charge in [-0.3, -0.25) is 10.3 Å². The molecule has 0 aliphatic carbocycles. The van der Waals surface area contributed by atoms with Gasteiger partial charge in [0.15, 0.2) is 0 Å². The van der Waals surface area contributed by atoms with Crippen LogP contribution in [-0.2, 0) is 4.84 Å². The summed E-state index contributed by atoms with van der Waals surface area (Å²) in [6, 6.07) is 7.58. The van der Waals surface area contributed by atoms with Crippen molar-refractivity contribution in [3.8, 4) is 0 Å². The van der Waals surface area contributed by atoms with Gasteiger partial charge in [0.25, 0.3) is 0 Å². The molecule has 1 N–H and O–H groups in total. The molecule has 0 fully saturated rings. The van der Waals surface area contributed by atoms with Gasteiger partial charge in [-0.25, -0.2) is 0 Å². The first-order chi connectivity index (χ1) is 6.25. The van der Waals surface area contributed by atoms with Crippen LogP contribution < -0.4 is 5.48 Å². The second-order valence-corrected chi connectivity index (χ2v) is 4.00. The predicted octanol–water partition coefficient (Wildman–Crippen LogP) is 3.15. The molecule has 1 heterocycles. The summed E-state index contributed by atoms with van der Waals surface area (Å²) in [7, 11) is 0. The van der Waals surface area contributed by atoms with E-state index in [9.17, 15) is 0 Å². The lowest BCUT2D eigenvalue weighted by Gasteiger charge is -2.06. The molecule has 1 unspecified atom stereocenters. The van der Waals surface area contributed by atoms with Crippen LogP contribution in [-0.4, -0.2) is 0 Å². The van der Waals surface area contributed by atoms with Gasteiger partial charge in [-0.05, 0) is 39.7 Å². The van der Waals surface area contributed by atoms with Crippen LogP contribution in [0.5, 0.6) is 0 Å². The molecule has 1 aliphatic heterocycles. The number of hydroxylamine groups is 1. The highest BCUT2D eigenvalue weighted by molar-refractivity contribution is 9.11. The van der Waals surface area contributed by atoms with E-state index in [2.05, 4.69) is 21.4 Å². The predicted molar refractivity (Wildman–Crippen MR) is 55.4 cm³/mol. The van der Waals surface area contributed by atoms with Crippen LogP contribution in [0, 0.1) is 0 Å². The Hall–Kier alpha value is -0.510. The Bertz CT molecular complexity index is 336. The molecule has 1 aromatic carbocycles. The van der Waals surface area contributed by atoms with E-state index >= 15 is 0 Å². The van der Waals surface area contributed by atoms with Crippen molar-refractivity contribution in [2.75, 3.05) is 0 Å². The Morgan fingerprint density at radius 1 is 1.31 bits per heavy atom. The summed E-state index contributed by atoms with van der Waals surface area (Å²) in [4.78, 5) is 5.26. The fraction of sp³-hybridized carbons (Fsp3) is 0.111. The Morgan fingerprint density at radius 2 is 2.00 bits per heavy atom. The third-order valence-corrected chi connectivity index (χ3v) is 2.46. The lowest BCUT2D eigenvalue weighted by atomic mass is 10.1. The van der Waals surface area contributed by atoms with Crippen molar-refractivity contribution >= 4 is 27.5 Å². The number of benzene rings is 1. The van der Waals surface area contributed by atoms with E-state index < -0.39 is 0 Å². The molecule has 1 aliphatic rings. The van der Waals surface area contributed by atoms with Crippen molar-refractivity contribution in [2.24, 2.45) is 0 Å². The van der Waals surface area contributed by atoms with Gasteiger partial charge in [0.1, 0.15) is 10.7 Å². The minimum Gasteiger partial charge on any atom is -0.263 e. The summed E-state index contributed by atoms with van der Waals surface area (Å²) in [5.74, 6) is 0. The van der Waals surface area contributed by atoms with E-state index in [-0.39, 0.29) is 6.10 Å². The Labute approximate surface area is 89.6 Å². The molecule has 0 aromatic heterocycles. The molecule has 2 nitrogen and oxygen atoms in total. The lowest BCUT2D eigenvalue weighted by molar-refractivity contribution is 0.0458. The minimum absolute atomic E-state index is 0.0355. The summed E-state index contributed by atoms with van der Waals surface area (Å²) < 4.78 is 0.854. The van der Waals surface area contributed by atoms with Crippen molar-refractivity contribution < 1.29 is 4.84 Å². The van der Waals surface area contributed by atoms with Gasteiger partial charge in [-0.15, -0.1) is 0 Å². The molecule has 0 radical (unpaired) electrons. The van der Waals surface area contributed by atoms with Crippen molar-refractivity contribution in [2.45, 2.75) is 6.10 Å². The van der Waals surface area contributed by atoms with Crippen LogP contribution >= 0.6 is 27.5 Å². The van der Waals surface area contributed by atoms with E-state index in [1.54, 1.807) is 0 Å². The zero-order chi connectivity index (χ0) is 9.26. The molecule has 68 valence electrons. The maximum atomic E-state index is 5.77. The molecular formula is C9H7BrClNO. The quantitative estimate of drug-likeness (QED) is 0.783. The van der Waals surface area contributed by atoms with Crippen LogP contribution in [0.25, 0.3) is 0 Å². The van der Waals surface area contributed by atoms with Crippen LogP contribution in [0.15, 0.2) is 34.9 Å².